The summed E-state index contributed by atoms with van der Waals surface area (Å²) in [6, 6.07) is 14.2. The number of carbonyl (C=O) groups is 2. The highest BCUT2D eigenvalue weighted by Crippen LogP contribution is 2.39. The predicted octanol–water partition coefficient (Wildman–Crippen LogP) is 3.13. The van der Waals surface area contributed by atoms with E-state index in [0.717, 1.165) is 16.8 Å². The number of nitrogens with zero attached hydrogens (tertiary/aromatic N) is 2. The molecule has 2 aromatic rings. The number of rotatable bonds is 6. The van der Waals surface area contributed by atoms with Gasteiger partial charge in [-0.2, -0.15) is 0 Å². The monoisotopic (exact) mass is 394 g/mol. The third kappa shape index (κ3) is 4.03. The molecule has 0 aliphatic carbocycles. The van der Waals surface area contributed by atoms with E-state index in [4.69, 9.17) is 4.74 Å². The zero-order valence-corrected chi connectivity index (χ0v) is 17.2. The van der Waals surface area contributed by atoms with E-state index in [0.29, 0.717) is 12.2 Å². The van der Waals surface area contributed by atoms with E-state index >= 15 is 0 Å². The number of anilines is 1. The minimum Gasteiger partial charge on any atom is -0.507 e. The van der Waals surface area contributed by atoms with E-state index in [1.54, 1.807) is 19.2 Å². The molecule has 152 valence electrons. The molecule has 6 nitrogen and oxygen atoms in total. The Morgan fingerprint density at radius 2 is 1.69 bits per heavy atom. The number of carbonyl (C=O) groups excluding carboxylic acids is 2. The van der Waals surface area contributed by atoms with Crippen LogP contribution in [-0.2, 0) is 14.3 Å². The fourth-order valence-corrected chi connectivity index (χ4v) is 3.47. The molecular weight excluding hydrogens is 368 g/mol. The lowest BCUT2D eigenvalue weighted by Gasteiger charge is -2.25. The topological polar surface area (TPSA) is 70.1 Å². The van der Waals surface area contributed by atoms with E-state index < -0.39 is 17.7 Å². The molecular formula is C23H26N2O4. The zero-order valence-electron chi connectivity index (χ0n) is 17.2. The van der Waals surface area contributed by atoms with Gasteiger partial charge in [-0.15, -0.1) is 0 Å². The molecule has 1 saturated heterocycles. The molecule has 0 bridgehead atoms. The van der Waals surface area contributed by atoms with Gasteiger partial charge in [0.1, 0.15) is 5.76 Å². The van der Waals surface area contributed by atoms with Gasteiger partial charge >= 0.3 is 0 Å². The van der Waals surface area contributed by atoms with Crippen LogP contribution in [0.5, 0.6) is 0 Å². The van der Waals surface area contributed by atoms with E-state index in [2.05, 4.69) is 0 Å². The van der Waals surface area contributed by atoms with Gasteiger partial charge in [0.15, 0.2) is 0 Å². The van der Waals surface area contributed by atoms with Crippen LogP contribution in [0.2, 0.25) is 0 Å². The van der Waals surface area contributed by atoms with Gasteiger partial charge < -0.3 is 19.6 Å². The van der Waals surface area contributed by atoms with Crippen molar-refractivity contribution in [3.05, 3.63) is 70.8 Å². The highest BCUT2D eigenvalue weighted by Gasteiger charge is 2.45. The first-order valence-corrected chi connectivity index (χ1v) is 9.46. The van der Waals surface area contributed by atoms with Crippen LogP contribution in [0.1, 0.15) is 22.7 Å². The van der Waals surface area contributed by atoms with Crippen LogP contribution in [0.4, 0.5) is 5.69 Å². The molecule has 6 heteroatoms. The van der Waals surface area contributed by atoms with Crippen molar-refractivity contribution < 1.29 is 19.4 Å². The van der Waals surface area contributed by atoms with Crippen molar-refractivity contribution in [1.29, 1.82) is 0 Å². The second-order valence-electron chi connectivity index (χ2n) is 7.34. The van der Waals surface area contributed by atoms with E-state index in [9.17, 15) is 14.7 Å². The van der Waals surface area contributed by atoms with Crippen molar-refractivity contribution in [2.45, 2.75) is 13.0 Å². The minimum absolute atomic E-state index is 0.104. The van der Waals surface area contributed by atoms with Crippen molar-refractivity contribution >= 4 is 23.1 Å². The van der Waals surface area contributed by atoms with Crippen molar-refractivity contribution in [2.24, 2.45) is 0 Å². The Morgan fingerprint density at radius 3 is 2.24 bits per heavy atom. The summed E-state index contributed by atoms with van der Waals surface area (Å²) in [5.41, 5.74) is 3.42. The Kier molecular flexibility index (Phi) is 6.03. The standard InChI is InChI=1S/C23H26N2O4/c1-15-5-7-17(8-6-15)21(26)19-20(16-9-11-18(12-10-16)24(2)3)25(13-14-29-4)23(28)22(19)27/h5-12,20,26H,13-14H2,1-4H3/t20-/m0/s1. The number of aliphatic hydroxyl groups excluding tert-OH is 1. The quantitative estimate of drug-likeness (QED) is 0.463. The molecule has 1 N–H and O–H groups in total. The normalized spacial score (nSPS) is 18.3. The summed E-state index contributed by atoms with van der Waals surface area (Å²) in [6.07, 6.45) is 0. The van der Waals surface area contributed by atoms with Crippen LogP contribution in [-0.4, -0.2) is 56.1 Å². The lowest BCUT2D eigenvalue weighted by molar-refractivity contribution is -0.140. The first kappa shape index (κ1) is 20.6. The van der Waals surface area contributed by atoms with Gasteiger partial charge in [-0.05, 0) is 24.6 Å². The molecule has 1 atom stereocenters. The third-order valence-electron chi connectivity index (χ3n) is 5.13. The molecule has 29 heavy (non-hydrogen) atoms. The number of hydrogen-bond acceptors (Lipinski definition) is 5. The number of likely N-dealkylation sites (tertiary alicyclic amines) is 1. The molecule has 0 radical (unpaired) electrons. The van der Waals surface area contributed by atoms with Crippen molar-refractivity contribution in [2.75, 3.05) is 39.3 Å². The molecule has 1 fully saturated rings. The average molecular weight is 394 g/mol. The number of benzene rings is 2. The summed E-state index contributed by atoms with van der Waals surface area (Å²) in [5, 5.41) is 11.0. The number of amides is 1. The maximum absolute atomic E-state index is 12.9. The van der Waals surface area contributed by atoms with Gasteiger partial charge in [0.05, 0.1) is 18.2 Å². The van der Waals surface area contributed by atoms with Gasteiger partial charge in [0.25, 0.3) is 11.7 Å². The van der Waals surface area contributed by atoms with Crippen LogP contribution in [0.25, 0.3) is 5.76 Å². The fourth-order valence-electron chi connectivity index (χ4n) is 3.47. The number of aryl methyl sites for hydroxylation is 1. The molecule has 0 saturated carbocycles. The molecule has 2 aromatic carbocycles. The Balaban J connectivity index is 2.13. The Hall–Kier alpha value is -3.12. The van der Waals surface area contributed by atoms with Gasteiger partial charge in [-0.25, -0.2) is 0 Å². The second kappa shape index (κ2) is 8.49. The van der Waals surface area contributed by atoms with Crippen molar-refractivity contribution in [1.82, 2.24) is 4.90 Å². The number of ketones is 1. The van der Waals surface area contributed by atoms with Crippen molar-refractivity contribution in [3.63, 3.8) is 0 Å². The molecule has 0 aromatic heterocycles. The zero-order chi connectivity index (χ0) is 21.1. The smallest absolute Gasteiger partial charge is 0.295 e. The summed E-state index contributed by atoms with van der Waals surface area (Å²) < 4.78 is 5.13. The van der Waals surface area contributed by atoms with E-state index in [-0.39, 0.29) is 17.9 Å². The highest BCUT2D eigenvalue weighted by atomic mass is 16.5. The summed E-state index contributed by atoms with van der Waals surface area (Å²) in [7, 11) is 5.43. The number of Topliss-reactive ketones (excluding diaryl/α,β-unsaturated/α-hetero) is 1. The van der Waals surface area contributed by atoms with Crippen LogP contribution in [0, 0.1) is 6.92 Å². The van der Waals surface area contributed by atoms with Crippen LogP contribution >= 0.6 is 0 Å². The molecule has 0 spiro atoms. The lowest BCUT2D eigenvalue weighted by atomic mass is 9.95. The van der Waals surface area contributed by atoms with Gasteiger partial charge in [0.2, 0.25) is 0 Å². The Bertz CT molecular complexity index is 930. The van der Waals surface area contributed by atoms with E-state index in [1.165, 1.54) is 4.90 Å². The first-order valence-electron chi connectivity index (χ1n) is 9.46. The average Bonchev–Trinajstić information content (AvgIpc) is 2.97. The molecule has 0 unspecified atom stereocenters. The number of methoxy groups -OCH3 is 1. The summed E-state index contributed by atoms with van der Waals surface area (Å²) in [5.74, 6) is -1.47. The summed E-state index contributed by atoms with van der Waals surface area (Å²) in [4.78, 5) is 29.0. The number of aliphatic hydroxyl groups is 1. The van der Waals surface area contributed by atoms with Gasteiger partial charge in [-0.1, -0.05) is 42.0 Å². The van der Waals surface area contributed by atoms with Crippen molar-refractivity contribution in [3.8, 4) is 0 Å². The SMILES string of the molecule is COCCN1C(=O)C(=O)C(=C(O)c2ccc(C)cc2)[C@@H]1c1ccc(N(C)C)cc1. The maximum atomic E-state index is 12.9. The molecule has 3 rings (SSSR count). The lowest BCUT2D eigenvalue weighted by Crippen LogP contribution is -2.32. The summed E-state index contributed by atoms with van der Waals surface area (Å²) >= 11 is 0. The fraction of sp³-hybridized carbons (Fsp3) is 0.304. The second-order valence-corrected chi connectivity index (χ2v) is 7.34. The summed E-state index contributed by atoms with van der Waals surface area (Å²) in [6.45, 7) is 2.50. The van der Waals surface area contributed by atoms with Gasteiger partial charge in [0, 0.05) is 39.0 Å². The van der Waals surface area contributed by atoms with Crippen LogP contribution in [0.3, 0.4) is 0 Å². The maximum Gasteiger partial charge on any atom is 0.295 e. The highest BCUT2D eigenvalue weighted by molar-refractivity contribution is 6.46. The van der Waals surface area contributed by atoms with Crippen LogP contribution in [0.15, 0.2) is 54.1 Å². The third-order valence-corrected chi connectivity index (χ3v) is 5.13. The Labute approximate surface area is 171 Å². The number of hydrogen-bond donors (Lipinski definition) is 1. The van der Waals surface area contributed by atoms with Gasteiger partial charge in [-0.3, -0.25) is 9.59 Å². The Morgan fingerprint density at radius 1 is 1.07 bits per heavy atom. The van der Waals surface area contributed by atoms with Crippen LogP contribution < -0.4 is 4.90 Å². The molecule has 1 heterocycles. The predicted molar refractivity (Wildman–Crippen MR) is 113 cm³/mol. The minimum atomic E-state index is -0.680. The molecule has 1 aliphatic heterocycles. The molecule has 1 aliphatic rings. The number of ether oxygens (including phenoxy) is 1. The molecule has 1 amide bonds. The van der Waals surface area contributed by atoms with E-state index in [1.807, 2.05) is 62.3 Å². The first-order chi connectivity index (χ1) is 13.8. The largest absolute Gasteiger partial charge is 0.507 e.